The molecule has 2 N–H and O–H groups in total. The predicted octanol–water partition coefficient (Wildman–Crippen LogP) is 3.09. The minimum atomic E-state index is -3.46. The van der Waals surface area contributed by atoms with Crippen LogP contribution in [0.2, 0.25) is 0 Å². The second-order valence-corrected chi connectivity index (χ2v) is 8.02. The molecule has 0 spiro atoms. The zero-order chi connectivity index (χ0) is 15.6. The van der Waals surface area contributed by atoms with Gasteiger partial charge in [0.05, 0.1) is 5.69 Å². The van der Waals surface area contributed by atoms with E-state index in [4.69, 9.17) is 5.73 Å². The maximum Gasteiger partial charge on any atom is 0.245 e. The van der Waals surface area contributed by atoms with E-state index in [0.29, 0.717) is 24.7 Å². The quantitative estimate of drug-likeness (QED) is 0.869. The third-order valence-electron chi connectivity index (χ3n) is 4.51. The van der Waals surface area contributed by atoms with Crippen LogP contribution in [-0.4, -0.2) is 25.8 Å². The molecule has 4 nitrogen and oxygen atoms in total. The summed E-state index contributed by atoms with van der Waals surface area (Å²) in [4.78, 5) is 0.263. The van der Waals surface area contributed by atoms with Crippen molar-refractivity contribution in [3.63, 3.8) is 0 Å². The van der Waals surface area contributed by atoms with Crippen molar-refractivity contribution in [2.45, 2.75) is 51.3 Å². The topological polar surface area (TPSA) is 63.4 Å². The fraction of sp³-hybridized carbons (Fsp3) is 0.625. The summed E-state index contributed by atoms with van der Waals surface area (Å²) in [5.74, 6) is 0.665. The van der Waals surface area contributed by atoms with Gasteiger partial charge in [-0.2, -0.15) is 4.31 Å². The summed E-state index contributed by atoms with van der Waals surface area (Å²) in [5, 5.41) is 0. The first kappa shape index (κ1) is 16.3. The van der Waals surface area contributed by atoms with Crippen molar-refractivity contribution >= 4 is 15.7 Å². The molecule has 0 unspecified atom stereocenters. The van der Waals surface area contributed by atoms with E-state index in [1.54, 1.807) is 16.4 Å². The average molecular weight is 310 g/mol. The molecule has 5 heteroatoms. The van der Waals surface area contributed by atoms with Crippen molar-refractivity contribution in [3.8, 4) is 0 Å². The van der Waals surface area contributed by atoms with Crippen LogP contribution in [0.5, 0.6) is 0 Å². The van der Waals surface area contributed by atoms with E-state index in [2.05, 4.69) is 6.92 Å². The zero-order valence-electron chi connectivity index (χ0n) is 13.2. The molecular formula is C16H26N2O2S. The molecule has 118 valence electrons. The van der Waals surface area contributed by atoms with E-state index in [1.165, 1.54) is 12.8 Å². The third kappa shape index (κ3) is 3.40. The lowest BCUT2D eigenvalue weighted by atomic mass is 9.94. The number of hydrogen-bond donors (Lipinski definition) is 1. The Morgan fingerprint density at radius 1 is 1.19 bits per heavy atom. The Morgan fingerprint density at radius 2 is 1.76 bits per heavy atom. The summed E-state index contributed by atoms with van der Waals surface area (Å²) in [6.07, 6.45) is 4.27. The lowest BCUT2D eigenvalue weighted by Crippen LogP contribution is -2.38. The van der Waals surface area contributed by atoms with Crippen LogP contribution >= 0.6 is 0 Å². The van der Waals surface area contributed by atoms with Crippen LogP contribution in [0.25, 0.3) is 0 Å². The molecule has 1 aromatic carbocycles. The zero-order valence-corrected chi connectivity index (χ0v) is 14.0. The van der Waals surface area contributed by atoms with Crippen LogP contribution in [0.4, 0.5) is 5.69 Å². The molecule has 21 heavy (non-hydrogen) atoms. The number of nitrogens with zero attached hydrogens (tertiary/aromatic N) is 1. The van der Waals surface area contributed by atoms with Crippen LogP contribution < -0.4 is 5.73 Å². The van der Waals surface area contributed by atoms with Gasteiger partial charge in [-0.1, -0.05) is 19.8 Å². The van der Waals surface area contributed by atoms with Gasteiger partial charge in [0.15, 0.2) is 0 Å². The Bertz CT molecular complexity index is 603. The Labute approximate surface area is 128 Å². The molecule has 0 aliphatic carbocycles. The fourth-order valence-corrected chi connectivity index (χ4v) is 4.67. The van der Waals surface area contributed by atoms with E-state index in [0.717, 1.165) is 24.0 Å². The van der Waals surface area contributed by atoms with Gasteiger partial charge in [0, 0.05) is 13.1 Å². The van der Waals surface area contributed by atoms with Crippen molar-refractivity contribution in [2.75, 3.05) is 18.8 Å². The van der Waals surface area contributed by atoms with Gasteiger partial charge in [-0.25, -0.2) is 8.42 Å². The van der Waals surface area contributed by atoms with Crippen molar-refractivity contribution in [3.05, 3.63) is 23.3 Å². The summed E-state index contributed by atoms with van der Waals surface area (Å²) >= 11 is 0. The Morgan fingerprint density at radius 3 is 2.33 bits per heavy atom. The highest BCUT2D eigenvalue weighted by atomic mass is 32.2. The lowest BCUT2D eigenvalue weighted by Gasteiger charge is -2.31. The third-order valence-corrected chi connectivity index (χ3v) is 6.47. The van der Waals surface area contributed by atoms with Crippen molar-refractivity contribution in [2.24, 2.45) is 5.92 Å². The number of piperidine rings is 1. The molecule has 1 heterocycles. The Hall–Kier alpha value is -1.07. The van der Waals surface area contributed by atoms with Gasteiger partial charge < -0.3 is 5.73 Å². The van der Waals surface area contributed by atoms with Gasteiger partial charge in [0.2, 0.25) is 10.0 Å². The van der Waals surface area contributed by atoms with Gasteiger partial charge in [-0.15, -0.1) is 0 Å². The summed E-state index contributed by atoms with van der Waals surface area (Å²) in [7, 11) is -3.46. The van der Waals surface area contributed by atoms with Gasteiger partial charge in [-0.05, 0) is 55.9 Å². The second kappa shape index (κ2) is 6.36. The van der Waals surface area contributed by atoms with Gasteiger partial charge >= 0.3 is 0 Å². The minimum absolute atomic E-state index is 0.263. The Balaban J connectivity index is 2.22. The molecular weight excluding hydrogens is 284 g/mol. The molecule has 1 aliphatic rings. The smallest absolute Gasteiger partial charge is 0.245 e. The summed E-state index contributed by atoms with van der Waals surface area (Å²) in [5.41, 5.74) is 8.29. The monoisotopic (exact) mass is 310 g/mol. The standard InChI is InChI=1S/C16H26N2O2S/c1-4-5-14-6-8-18(9-7-14)21(19,20)16-11-13(3)12(2)10-15(16)17/h10-11,14H,4-9,17H2,1-3H3. The largest absolute Gasteiger partial charge is 0.398 e. The van der Waals surface area contributed by atoms with Crippen LogP contribution in [0.3, 0.4) is 0 Å². The molecule has 1 aliphatic heterocycles. The van der Waals surface area contributed by atoms with Gasteiger partial charge in [0.1, 0.15) is 4.90 Å². The molecule has 0 radical (unpaired) electrons. The highest BCUT2D eigenvalue weighted by Crippen LogP contribution is 2.30. The van der Waals surface area contributed by atoms with Crippen molar-refractivity contribution in [1.29, 1.82) is 0 Å². The molecule has 0 bridgehead atoms. The summed E-state index contributed by atoms with van der Waals surface area (Å²) in [6, 6.07) is 3.46. The van der Waals surface area contributed by atoms with E-state index in [-0.39, 0.29) is 4.90 Å². The second-order valence-electron chi connectivity index (χ2n) is 6.11. The number of aryl methyl sites for hydroxylation is 2. The van der Waals surface area contributed by atoms with Crippen LogP contribution in [0, 0.1) is 19.8 Å². The maximum atomic E-state index is 12.8. The normalized spacial score (nSPS) is 18.0. The molecule has 0 saturated carbocycles. The summed E-state index contributed by atoms with van der Waals surface area (Å²) in [6.45, 7) is 7.26. The van der Waals surface area contributed by atoms with Crippen molar-refractivity contribution < 1.29 is 8.42 Å². The average Bonchev–Trinajstić information content (AvgIpc) is 2.43. The first-order chi connectivity index (χ1) is 9.86. The minimum Gasteiger partial charge on any atom is -0.398 e. The predicted molar refractivity (Wildman–Crippen MR) is 86.7 cm³/mol. The maximum absolute atomic E-state index is 12.8. The number of rotatable bonds is 4. The highest BCUT2D eigenvalue weighted by Gasteiger charge is 2.30. The number of anilines is 1. The van der Waals surface area contributed by atoms with Crippen LogP contribution in [-0.2, 0) is 10.0 Å². The summed E-state index contributed by atoms with van der Waals surface area (Å²) < 4.78 is 27.2. The Kier molecular flexibility index (Phi) is 4.94. The number of hydrogen-bond acceptors (Lipinski definition) is 3. The molecule has 2 rings (SSSR count). The molecule has 1 saturated heterocycles. The number of nitrogens with two attached hydrogens (primary N) is 1. The molecule has 1 fully saturated rings. The molecule has 0 amide bonds. The SMILES string of the molecule is CCCC1CCN(S(=O)(=O)c2cc(C)c(C)cc2N)CC1. The van der Waals surface area contributed by atoms with Crippen LogP contribution in [0.15, 0.2) is 17.0 Å². The number of nitrogen functional groups attached to an aromatic ring is 1. The molecule has 0 aromatic heterocycles. The van der Waals surface area contributed by atoms with E-state index in [1.807, 2.05) is 13.8 Å². The van der Waals surface area contributed by atoms with Gasteiger partial charge in [-0.3, -0.25) is 0 Å². The fourth-order valence-electron chi connectivity index (χ4n) is 3.02. The molecule has 1 aromatic rings. The lowest BCUT2D eigenvalue weighted by molar-refractivity contribution is 0.262. The number of benzene rings is 1. The van der Waals surface area contributed by atoms with Crippen molar-refractivity contribution in [1.82, 2.24) is 4.31 Å². The van der Waals surface area contributed by atoms with Gasteiger partial charge in [0.25, 0.3) is 0 Å². The van der Waals surface area contributed by atoms with Crippen LogP contribution in [0.1, 0.15) is 43.7 Å². The van der Waals surface area contributed by atoms with E-state index in [9.17, 15) is 8.42 Å². The highest BCUT2D eigenvalue weighted by molar-refractivity contribution is 7.89. The first-order valence-corrected chi connectivity index (χ1v) is 9.17. The first-order valence-electron chi connectivity index (χ1n) is 7.73. The molecule has 0 atom stereocenters. The van der Waals surface area contributed by atoms with E-state index >= 15 is 0 Å². The van der Waals surface area contributed by atoms with E-state index < -0.39 is 10.0 Å². The number of sulfonamides is 1.